The largest absolute Gasteiger partial charge is 0.480 e. The van der Waals surface area contributed by atoms with Crippen LogP contribution < -0.4 is 0 Å². The Morgan fingerprint density at radius 1 is 1.32 bits per heavy atom. The van der Waals surface area contributed by atoms with Crippen molar-refractivity contribution in [3.05, 3.63) is 47.2 Å². The van der Waals surface area contributed by atoms with Crippen molar-refractivity contribution in [3.8, 4) is 0 Å². The molecule has 1 fully saturated rings. The molecule has 1 aromatic carbocycles. The first-order valence-corrected chi connectivity index (χ1v) is 9.31. The summed E-state index contributed by atoms with van der Waals surface area (Å²) in [5.41, 5.74) is 2.09. The van der Waals surface area contributed by atoms with Crippen LogP contribution in [0.4, 0.5) is 0 Å². The van der Waals surface area contributed by atoms with E-state index in [2.05, 4.69) is 22.1 Å². The molecular weight excluding hydrogens is 336 g/mol. The minimum absolute atomic E-state index is 0.0727. The zero-order valence-corrected chi connectivity index (χ0v) is 14.7. The molecule has 4 rings (SSSR count). The van der Waals surface area contributed by atoms with E-state index in [1.54, 1.807) is 22.2 Å². The third kappa shape index (κ3) is 3.57. The van der Waals surface area contributed by atoms with E-state index in [1.807, 2.05) is 18.2 Å². The number of carboxylic acids is 1. The molecule has 0 aliphatic carbocycles. The van der Waals surface area contributed by atoms with Crippen LogP contribution in [0.1, 0.15) is 29.5 Å². The van der Waals surface area contributed by atoms with E-state index in [0.717, 1.165) is 48.7 Å². The van der Waals surface area contributed by atoms with Crippen LogP contribution in [0.3, 0.4) is 0 Å². The molecule has 1 atom stereocenters. The van der Waals surface area contributed by atoms with Crippen LogP contribution in [0.15, 0.2) is 36.5 Å². The molecule has 0 spiro atoms. The molecule has 0 bridgehead atoms. The number of thiazole rings is 1. The second-order valence-corrected chi connectivity index (χ2v) is 7.57. The SMILES string of the molecule is O=C(O)Cn1nccc1[C@@H]1CCCN(Cc2nc3ccccc3s2)C1. The lowest BCUT2D eigenvalue weighted by molar-refractivity contribution is -0.137. The van der Waals surface area contributed by atoms with Gasteiger partial charge < -0.3 is 5.11 Å². The van der Waals surface area contributed by atoms with Crippen molar-refractivity contribution in [2.45, 2.75) is 31.8 Å². The Balaban J connectivity index is 1.47. The Bertz CT molecular complexity index is 855. The van der Waals surface area contributed by atoms with Crippen molar-refractivity contribution in [2.24, 2.45) is 0 Å². The van der Waals surface area contributed by atoms with Crippen LogP contribution in [-0.2, 0) is 17.9 Å². The Morgan fingerprint density at radius 3 is 3.04 bits per heavy atom. The van der Waals surface area contributed by atoms with Gasteiger partial charge in [0.05, 0.1) is 16.8 Å². The second-order valence-electron chi connectivity index (χ2n) is 6.46. The Hall–Kier alpha value is -2.25. The average molecular weight is 356 g/mol. The van der Waals surface area contributed by atoms with Crippen LogP contribution >= 0.6 is 11.3 Å². The van der Waals surface area contributed by atoms with E-state index in [9.17, 15) is 4.79 Å². The van der Waals surface area contributed by atoms with E-state index in [1.165, 1.54) is 4.70 Å². The van der Waals surface area contributed by atoms with Crippen LogP contribution in [0, 0.1) is 0 Å². The summed E-state index contributed by atoms with van der Waals surface area (Å²) in [6, 6.07) is 10.2. The number of piperidine rings is 1. The number of fused-ring (bicyclic) bond motifs is 1. The summed E-state index contributed by atoms with van der Waals surface area (Å²) in [6.07, 6.45) is 3.88. The number of nitrogens with zero attached hydrogens (tertiary/aromatic N) is 4. The van der Waals surface area contributed by atoms with Gasteiger partial charge in [-0.3, -0.25) is 14.4 Å². The summed E-state index contributed by atoms with van der Waals surface area (Å²) in [7, 11) is 0. The molecule has 1 aliphatic rings. The van der Waals surface area contributed by atoms with E-state index < -0.39 is 5.97 Å². The number of hydrogen-bond donors (Lipinski definition) is 1. The molecule has 3 heterocycles. The van der Waals surface area contributed by atoms with Gasteiger partial charge in [0.2, 0.25) is 0 Å². The van der Waals surface area contributed by atoms with Gasteiger partial charge in [-0.05, 0) is 37.6 Å². The highest BCUT2D eigenvalue weighted by molar-refractivity contribution is 7.18. The highest BCUT2D eigenvalue weighted by atomic mass is 32.1. The first kappa shape index (κ1) is 16.2. The fourth-order valence-corrected chi connectivity index (χ4v) is 4.58. The lowest BCUT2D eigenvalue weighted by atomic mass is 9.94. The lowest BCUT2D eigenvalue weighted by Gasteiger charge is -2.32. The zero-order valence-electron chi connectivity index (χ0n) is 13.8. The molecule has 6 nitrogen and oxygen atoms in total. The Morgan fingerprint density at radius 2 is 2.20 bits per heavy atom. The predicted molar refractivity (Wildman–Crippen MR) is 96.7 cm³/mol. The van der Waals surface area contributed by atoms with E-state index in [0.29, 0.717) is 5.92 Å². The van der Waals surface area contributed by atoms with Gasteiger partial charge >= 0.3 is 5.97 Å². The summed E-state index contributed by atoms with van der Waals surface area (Å²) < 4.78 is 2.85. The maximum Gasteiger partial charge on any atom is 0.325 e. The molecule has 1 N–H and O–H groups in total. The van der Waals surface area contributed by atoms with Gasteiger partial charge in [0.25, 0.3) is 0 Å². The van der Waals surface area contributed by atoms with Gasteiger partial charge in [-0.1, -0.05) is 12.1 Å². The molecule has 0 saturated carbocycles. The number of benzene rings is 1. The number of aliphatic carboxylic acids is 1. The minimum atomic E-state index is -0.855. The molecule has 0 amide bonds. The highest BCUT2D eigenvalue weighted by Crippen LogP contribution is 2.29. The first-order chi connectivity index (χ1) is 12.2. The molecule has 1 saturated heterocycles. The third-order valence-corrected chi connectivity index (χ3v) is 5.68. The smallest absolute Gasteiger partial charge is 0.325 e. The molecule has 25 heavy (non-hydrogen) atoms. The van der Waals surface area contributed by atoms with E-state index in [-0.39, 0.29) is 6.54 Å². The van der Waals surface area contributed by atoms with Crippen LogP contribution in [0.2, 0.25) is 0 Å². The first-order valence-electron chi connectivity index (χ1n) is 8.49. The molecular formula is C18H20N4O2S. The van der Waals surface area contributed by atoms with E-state index in [4.69, 9.17) is 10.1 Å². The van der Waals surface area contributed by atoms with Crippen molar-refractivity contribution in [3.63, 3.8) is 0 Å². The summed E-state index contributed by atoms with van der Waals surface area (Å²) in [5, 5.41) is 14.4. The maximum absolute atomic E-state index is 11.0. The summed E-state index contributed by atoms with van der Waals surface area (Å²) in [4.78, 5) is 18.2. The fraction of sp³-hybridized carbons (Fsp3) is 0.389. The van der Waals surface area contributed by atoms with Crippen LogP contribution in [-0.4, -0.2) is 43.8 Å². The topological polar surface area (TPSA) is 71.2 Å². The average Bonchev–Trinajstić information content (AvgIpc) is 3.20. The number of aromatic nitrogens is 3. The van der Waals surface area contributed by atoms with Crippen LogP contribution in [0.25, 0.3) is 10.2 Å². The van der Waals surface area contributed by atoms with Gasteiger partial charge in [0.1, 0.15) is 11.6 Å². The molecule has 1 aliphatic heterocycles. The second kappa shape index (κ2) is 6.93. The van der Waals surface area contributed by atoms with Gasteiger partial charge in [-0.25, -0.2) is 4.98 Å². The highest BCUT2D eigenvalue weighted by Gasteiger charge is 2.25. The number of likely N-dealkylation sites (tertiary alicyclic amines) is 1. The monoisotopic (exact) mass is 356 g/mol. The molecule has 0 radical (unpaired) electrons. The zero-order chi connectivity index (χ0) is 17.2. The number of rotatable bonds is 5. The van der Waals surface area contributed by atoms with Gasteiger partial charge in [-0.15, -0.1) is 11.3 Å². The minimum Gasteiger partial charge on any atom is -0.480 e. The Labute approximate surface area is 149 Å². The summed E-state index contributed by atoms with van der Waals surface area (Å²) in [6.45, 7) is 2.75. The molecule has 130 valence electrons. The Kier molecular flexibility index (Phi) is 4.50. The van der Waals surface area contributed by atoms with Crippen molar-refractivity contribution < 1.29 is 9.90 Å². The molecule has 2 aromatic heterocycles. The van der Waals surface area contributed by atoms with Gasteiger partial charge in [0, 0.05) is 24.4 Å². The number of para-hydroxylation sites is 1. The van der Waals surface area contributed by atoms with Gasteiger partial charge in [-0.2, -0.15) is 5.10 Å². The molecule has 7 heteroatoms. The lowest BCUT2D eigenvalue weighted by Crippen LogP contribution is -2.34. The predicted octanol–water partition coefficient (Wildman–Crippen LogP) is 2.96. The maximum atomic E-state index is 11.0. The fourth-order valence-electron chi connectivity index (χ4n) is 3.57. The summed E-state index contributed by atoms with van der Waals surface area (Å²) >= 11 is 1.75. The van der Waals surface area contributed by atoms with Crippen molar-refractivity contribution >= 4 is 27.5 Å². The standard InChI is InChI=1S/C18H20N4O2S/c23-18(24)12-22-15(7-8-19-22)13-4-3-9-21(10-13)11-17-20-14-5-1-2-6-16(14)25-17/h1-2,5-8,13H,3-4,9-12H2,(H,23,24)/t13-/m1/s1. The van der Waals surface area contributed by atoms with Gasteiger partial charge in [0.15, 0.2) is 0 Å². The van der Waals surface area contributed by atoms with Crippen molar-refractivity contribution in [1.29, 1.82) is 0 Å². The number of carboxylic acid groups (broad SMARTS) is 1. The normalized spacial score (nSPS) is 18.6. The number of carbonyl (C=O) groups is 1. The molecule has 3 aromatic rings. The van der Waals surface area contributed by atoms with E-state index >= 15 is 0 Å². The van der Waals surface area contributed by atoms with Crippen molar-refractivity contribution in [2.75, 3.05) is 13.1 Å². The quantitative estimate of drug-likeness (QED) is 0.761. The van der Waals surface area contributed by atoms with Crippen molar-refractivity contribution in [1.82, 2.24) is 19.7 Å². The third-order valence-electron chi connectivity index (χ3n) is 4.66. The molecule has 0 unspecified atom stereocenters. The number of hydrogen-bond acceptors (Lipinski definition) is 5. The summed E-state index contributed by atoms with van der Waals surface area (Å²) in [5.74, 6) is -0.530. The van der Waals surface area contributed by atoms with Crippen LogP contribution in [0.5, 0.6) is 0 Å².